The summed E-state index contributed by atoms with van der Waals surface area (Å²) in [4.78, 5) is 0.128. The van der Waals surface area contributed by atoms with Crippen LogP contribution in [0.2, 0.25) is 0 Å². The van der Waals surface area contributed by atoms with Gasteiger partial charge in [0.1, 0.15) is 4.90 Å². The summed E-state index contributed by atoms with van der Waals surface area (Å²) in [7, 11) is -3.56. The third kappa shape index (κ3) is 1.72. The number of aliphatic hydroxyl groups is 1. The van der Waals surface area contributed by atoms with Gasteiger partial charge in [-0.2, -0.15) is 4.31 Å². The Morgan fingerprint density at radius 3 is 2.44 bits per heavy atom. The molecule has 1 aromatic carbocycles. The molecule has 1 aromatic rings. The van der Waals surface area contributed by atoms with Crippen molar-refractivity contribution >= 4 is 15.7 Å². The van der Waals surface area contributed by atoms with Crippen LogP contribution in [0.15, 0.2) is 29.2 Å². The van der Waals surface area contributed by atoms with Gasteiger partial charge in [-0.05, 0) is 30.9 Å². The van der Waals surface area contributed by atoms with E-state index < -0.39 is 15.6 Å². The number of nitrogens with zero attached hydrogens (tertiary/aromatic N) is 1. The van der Waals surface area contributed by atoms with E-state index in [-0.39, 0.29) is 29.6 Å². The van der Waals surface area contributed by atoms with Crippen LogP contribution in [0.5, 0.6) is 0 Å². The second kappa shape index (κ2) is 3.69. The largest absolute Gasteiger partial charge is 0.398 e. The lowest BCUT2D eigenvalue weighted by molar-refractivity contribution is -0.0764. The first-order valence-corrected chi connectivity index (χ1v) is 7.44. The predicted molar refractivity (Wildman–Crippen MR) is 67.3 cm³/mol. The summed E-state index contributed by atoms with van der Waals surface area (Å²) in [6, 6.07) is 6.42. The first-order valence-electron chi connectivity index (χ1n) is 6.00. The highest BCUT2D eigenvalue weighted by molar-refractivity contribution is 7.89. The number of nitrogen functional groups attached to an aromatic ring is 1. The first-order chi connectivity index (χ1) is 8.43. The van der Waals surface area contributed by atoms with Crippen molar-refractivity contribution < 1.29 is 13.5 Å². The number of benzene rings is 1. The zero-order chi connectivity index (χ0) is 13.0. The molecule has 2 fully saturated rings. The molecule has 0 bridgehead atoms. The Morgan fingerprint density at radius 1 is 1.28 bits per heavy atom. The van der Waals surface area contributed by atoms with E-state index in [9.17, 15) is 13.5 Å². The Balaban J connectivity index is 1.83. The molecule has 1 aliphatic heterocycles. The minimum atomic E-state index is -3.56. The maximum atomic E-state index is 12.3. The zero-order valence-corrected chi connectivity index (χ0v) is 10.7. The van der Waals surface area contributed by atoms with E-state index in [2.05, 4.69) is 0 Å². The predicted octanol–water partition coefficient (Wildman–Crippen LogP) is 0.414. The SMILES string of the molecule is Nc1ccccc1S(=O)(=O)N1CC(O)(C2CC2)C1. The number of hydrogen-bond acceptors (Lipinski definition) is 4. The molecule has 0 radical (unpaired) electrons. The number of para-hydroxylation sites is 1. The Bertz CT molecular complexity index is 575. The maximum absolute atomic E-state index is 12.3. The molecular formula is C12H16N2O3S. The van der Waals surface area contributed by atoms with Gasteiger partial charge in [-0.3, -0.25) is 0 Å². The fourth-order valence-electron chi connectivity index (χ4n) is 2.47. The molecule has 0 unspecified atom stereocenters. The van der Waals surface area contributed by atoms with Crippen molar-refractivity contribution in [3.05, 3.63) is 24.3 Å². The van der Waals surface area contributed by atoms with Gasteiger partial charge < -0.3 is 10.8 Å². The normalized spacial score (nSPS) is 23.6. The van der Waals surface area contributed by atoms with Crippen LogP contribution in [0.3, 0.4) is 0 Å². The summed E-state index contributed by atoms with van der Waals surface area (Å²) in [5.74, 6) is 0.275. The summed E-state index contributed by atoms with van der Waals surface area (Å²) >= 11 is 0. The average molecular weight is 268 g/mol. The van der Waals surface area contributed by atoms with Gasteiger partial charge in [0.15, 0.2) is 0 Å². The van der Waals surface area contributed by atoms with E-state index in [0.29, 0.717) is 0 Å². The Hall–Kier alpha value is -1.11. The highest BCUT2D eigenvalue weighted by Gasteiger charge is 2.55. The van der Waals surface area contributed by atoms with E-state index in [0.717, 1.165) is 12.8 Å². The van der Waals surface area contributed by atoms with Crippen LogP contribution < -0.4 is 5.73 Å². The summed E-state index contributed by atoms with van der Waals surface area (Å²) in [6.07, 6.45) is 2.00. The molecule has 1 heterocycles. The van der Waals surface area contributed by atoms with Crippen LogP contribution in [-0.2, 0) is 10.0 Å². The van der Waals surface area contributed by atoms with Crippen LogP contribution in [-0.4, -0.2) is 36.5 Å². The second-order valence-corrected chi connectivity index (χ2v) is 7.10. The van der Waals surface area contributed by atoms with Gasteiger partial charge in [-0.15, -0.1) is 0 Å². The fraction of sp³-hybridized carbons (Fsp3) is 0.500. The molecule has 3 rings (SSSR count). The standard InChI is InChI=1S/C12H16N2O3S/c13-10-3-1-2-4-11(10)18(16,17)14-7-12(15,8-14)9-5-6-9/h1-4,9,15H,5-8,13H2. The summed E-state index contributed by atoms with van der Waals surface area (Å²) in [5, 5.41) is 10.2. The number of anilines is 1. The van der Waals surface area contributed by atoms with Crippen molar-refractivity contribution in [2.45, 2.75) is 23.3 Å². The molecule has 0 spiro atoms. The molecular weight excluding hydrogens is 252 g/mol. The molecule has 1 aliphatic carbocycles. The molecule has 0 aromatic heterocycles. The number of hydrogen-bond donors (Lipinski definition) is 2. The molecule has 1 saturated carbocycles. The van der Waals surface area contributed by atoms with Gasteiger partial charge in [0.25, 0.3) is 0 Å². The van der Waals surface area contributed by atoms with E-state index in [1.165, 1.54) is 10.4 Å². The molecule has 1 saturated heterocycles. The van der Waals surface area contributed by atoms with E-state index >= 15 is 0 Å². The van der Waals surface area contributed by atoms with Crippen LogP contribution in [0.4, 0.5) is 5.69 Å². The minimum absolute atomic E-state index is 0.128. The van der Waals surface area contributed by atoms with Gasteiger partial charge in [-0.1, -0.05) is 12.1 Å². The lowest BCUT2D eigenvalue weighted by Crippen LogP contribution is -2.64. The Kier molecular flexibility index (Phi) is 2.45. The van der Waals surface area contributed by atoms with Crippen LogP contribution in [0, 0.1) is 5.92 Å². The van der Waals surface area contributed by atoms with Gasteiger partial charge in [0.05, 0.1) is 11.3 Å². The number of rotatable bonds is 3. The maximum Gasteiger partial charge on any atom is 0.245 e. The number of nitrogens with two attached hydrogens (primary N) is 1. The second-order valence-electron chi connectivity index (χ2n) is 5.19. The first kappa shape index (κ1) is 12.0. The van der Waals surface area contributed by atoms with Gasteiger partial charge >= 0.3 is 0 Å². The number of sulfonamides is 1. The lowest BCUT2D eigenvalue weighted by atomic mass is 9.91. The van der Waals surface area contributed by atoms with Crippen molar-refractivity contribution in [1.29, 1.82) is 0 Å². The molecule has 5 nitrogen and oxygen atoms in total. The van der Waals surface area contributed by atoms with Crippen molar-refractivity contribution in [2.75, 3.05) is 18.8 Å². The average Bonchev–Trinajstić information content (AvgIpc) is 3.09. The molecule has 6 heteroatoms. The van der Waals surface area contributed by atoms with Crippen molar-refractivity contribution in [3.8, 4) is 0 Å². The monoisotopic (exact) mass is 268 g/mol. The molecule has 98 valence electrons. The zero-order valence-electron chi connectivity index (χ0n) is 9.91. The minimum Gasteiger partial charge on any atom is -0.398 e. The molecule has 0 amide bonds. The quantitative estimate of drug-likeness (QED) is 0.778. The van der Waals surface area contributed by atoms with E-state index in [1.807, 2.05) is 0 Å². The Morgan fingerprint density at radius 2 is 1.89 bits per heavy atom. The van der Waals surface area contributed by atoms with Crippen LogP contribution >= 0.6 is 0 Å². The lowest BCUT2D eigenvalue weighted by Gasteiger charge is -2.45. The molecule has 18 heavy (non-hydrogen) atoms. The van der Waals surface area contributed by atoms with Gasteiger partial charge in [0.2, 0.25) is 10.0 Å². The molecule has 2 aliphatic rings. The van der Waals surface area contributed by atoms with Crippen LogP contribution in [0.25, 0.3) is 0 Å². The Labute approximate surface area is 106 Å². The van der Waals surface area contributed by atoms with E-state index in [4.69, 9.17) is 5.73 Å². The highest BCUT2D eigenvalue weighted by atomic mass is 32.2. The van der Waals surface area contributed by atoms with Crippen LogP contribution in [0.1, 0.15) is 12.8 Å². The molecule has 3 N–H and O–H groups in total. The van der Waals surface area contributed by atoms with Crippen molar-refractivity contribution in [2.24, 2.45) is 5.92 Å². The van der Waals surface area contributed by atoms with Gasteiger partial charge in [-0.25, -0.2) is 8.42 Å². The van der Waals surface area contributed by atoms with Gasteiger partial charge in [0, 0.05) is 13.1 Å². The summed E-state index contributed by atoms with van der Waals surface area (Å²) < 4.78 is 25.9. The molecule has 0 atom stereocenters. The topological polar surface area (TPSA) is 83.6 Å². The third-order valence-corrected chi connectivity index (χ3v) is 5.64. The number of β-amino-alcohol motifs (C(OH)–C–C–N with tert-alkyl or cyclic N) is 1. The third-order valence-electron chi connectivity index (χ3n) is 3.77. The van der Waals surface area contributed by atoms with E-state index in [1.54, 1.807) is 18.2 Å². The highest BCUT2D eigenvalue weighted by Crippen LogP contribution is 2.46. The van der Waals surface area contributed by atoms with Crippen molar-refractivity contribution in [3.63, 3.8) is 0 Å². The summed E-state index contributed by atoms with van der Waals surface area (Å²) in [6.45, 7) is 0.378. The smallest absolute Gasteiger partial charge is 0.245 e. The fourth-order valence-corrected chi connectivity index (χ4v) is 4.15. The summed E-state index contributed by atoms with van der Waals surface area (Å²) in [5.41, 5.74) is 5.14. The van der Waals surface area contributed by atoms with Crippen molar-refractivity contribution in [1.82, 2.24) is 4.31 Å².